The number of alkyl halides is 1. The van der Waals surface area contributed by atoms with E-state index in [-0.39, 0.29) is 18.8 Å². The summed E-state index contributed by atoms with van der Waals surface area (Å²) in [5, 5.41) is 2.06. The van der Waals surface area contributed by atoms with E-state index in [1.165, 1.54) is 5.82 Å². The largest absolute Gasteiger partial charge is 0.428 e. The molecule has 25 heavy (non-hydrogen) atoms. The lowest BCUT2D eigenvalue weighted by Gasteiger charge is -2.25. The Labute approximate surface area is 148 Å². The van der Waals surface area contributed by atoms with E-state index < -0.39 is 33.5 Å². The van der Waals surface area contributed by atoms with Gasteiger partial charge in [-0.2, -0.15) is 0 Å². The van der Waals surface area contributed by atoms with Crippen LogP contribution in [0.3, 0.4) is 0 Å². The molecule has 0 aromatic rings. The van der Waals surface area contributed by atoms with Crippen molar-refractivity contribution in [1.29, 1.82) is 0 Å². The van der Waals surface area contributed by atoms with Crippen LogP contribution in [0.1, 0.15) is 58.3 Å². The molecule has 2 unspecified atom stereocenters. The summed E-state index contributed by atoms with van der Waals surface area (Å²) in [6.45, 7) is 1.29. The summed E-state index contributed by atoms with van der Waals surface area (Å²) >= 11 is 0. The molecule has 0 saturated heterocycles. The number of allylic oxidation sites excluding steroid dienone is 1. The maximum Gasteiger partial charge on any atom is 0.412 e. The maximum absolute atomic E-state index is 13.8. The molecule has 1 aliphatic carbocycles. The fourth-order valence-electron chi connectivity index (χ4n) is 2.77. The van der Waals surface area contributed by atoms with Crippen LogP contribution >= 0.6 is 8.38 Å². The minimum absolute atomic E-state index is 0.148. The number of esters is 1. The monoisotopic (exact) mass is 379 g/mol. The topological polar surface area (TPSA) is 105 Å². The van der Waals surface area contributed by atoms with Gasteiger partial charge in [-0.3, -0.25) is 10.1 Å². The molecular formula is C16H27FNO6P. The Morgan fingerprint density at radius 3 is 2.88 bits per heavy atom. The summed E-state index contributed by atoms with van der Waals surface area (Å²) in [5.41, 5.74) is 1.00. The molecule has 0 bridgehead atoms. The number of carbonyl (C=O) groups excluding carboxylic acids is 2. The van der Waals surface area contributed by atoms with Gasteiger partial charge in [0, 0.05) is 6.42 Å². The smallest absolute Gasteiger partial charge is 0.412 e. The number of amides is 1. The van der Waals surface area contributed by atoms with Crippen molar-refractivity contribution in [2.24, 2.45) is 5.92 Å². The van der Waals surface area contributed by atoms with E-state index in [2.05, 4.69) is 14.8 Å². The molecule has 1 saturated carbocycles. The van der Waals surface area contributed by atoms with E-state index in [1.54, 1.807) is 0 Å². The van der Waals surface area contributed by atoms with Crippen molar-refractivity contribution in [3.05, 3.63) is 11.4 Å². The van der Waals surface area contributed by atoms with Crippen LogP contribution in [0.15, 0.2) is 11.4 Å². The molecule has 0 heterocycles. The third-order valence-electron chi connectivity index (χ3n) is 3.93. The SMILES string of the molecule is CCCC(=O)OCOC(=O)NC(F)CCC1CCCC(=CP(O)O)C1. The molecule has 7 nitrogen and oxygen atoms in total. The zero-order chi connectivity index (χ0) is 18.7. The third kappa shape index (κ3) is 10.4. The molecule has 1 aliphatic rings. The summed E-state index contributed by atoms with van der Waals surface area (Å²) in [6.07, 6.45) is 2.56. The van der Waals surface area contributed by atoms with Crippen molar-refractivity contribution in [3.63, 3.8) is 0 Å². The normalized spacial score (nSPS) is 20.4. The van der Waals surface area contributed by atoms with E-state index in [9.17, 15) is 14.0 Å². The minimum Gasteiger partial charge on any atom is -0.428 e. The number of rotatable bonds is 9. The minimum atomic E-state index is -2.03. The molecule has 1 fully saturated rings. The van der Waals surface area contributed by atoms with Gasteiger partial charge < -0.3 is 19.3 Å². The molecule has 1 amide bonds. The highest BCUT2D eigenvalue weighted by molar-refractivity contribution is 7.48. The van der Waals surface area contributed by atoms with Gasteiger partial charge in [-0.05, 0) is 56.7 Å². The zero-order valence-corrected chi connectivity index (χ0v) is 15.3. The van der Waals surface area contributed by atoms with E-state index in [1.807, 2.05) is 6.92 Å². The summed E-state index contributed by atoms with van der Waals surface area (Å²) in [6, 6.07) is 0. The Balaban J connectivity index is 2.20. The molecule has 144 valence electrons. The first kappa shape index (κ1) is 21.8. The summed E-state index contributed by atoms with van der Waals surface area (Å²) < 4.78 is 23.0. The predicted octanol–water partition coefficient (Wildman–Crippen LogP) is 3.46. The number of halogens is 1. The quantitative estimate of drug-likeness (QED) is 0.245. The van der Waals surface area contributed by atoms with Crippen molar-refractivity contribution in [3.8, 4) is 0 Å². The highest BCUT2D eigenvalue weighted by Crippen LogP contribution is 2.37. The van der Waals surface area contributed by atoms with Crippen LogP contribution in [0.2, 0.25) is 0 Å². The van der Waals surface area contributed by atoms with Crippen molar-refractivity contribution >= 4 is 20.4 Å². The second-order valence-electron chi connectivity index (χ2n) is 6.08. The van der Waals surface area contributed by atoms with Crippen molar-refractivity contribution < 1.29 is 33.2 Å². The molecule has 3 N–H and O–H groups in total. The second-order valence-corrected chi connectivity index (χ2v) is 6.97. The van der Waals surface area contributed by atoms with E-state index >= 15 is 0 Å². The number of alkyl carbamates (subject to hydrolysis) is 1. The lowest BCUT2D eigenvalue weighted by atomic mass is 9.83. The first-order chi connectivity index (χ1) is 11.9. The van der Waals surface area contributed by atoms with Crippen molar-refractivity contribution in [2.45, 2.75) is 64.6 Å². The van der Waals surface area contributed by atoms with Gasteiger partial charge in [0.15, 0.2) is 14.7 Å². The molecule has 0 aromatic heterocycles. The highest BCUT2D eigenvalue weighted by Gasteiger charge is 2.20. The predicted molar refractivity (Wildman–Crippen MR) is 91.0 cm³/mol. The molecule has 1 rings (SSSR count). The fraction of sp³-hybridized carbons (Fsp3) is 0.750. The molecule has 2 atom stereocenters. The van der Waals surface area contributed by atoms with Gasteiger partial charge in [0.25, 0.3) is 0 Å². The van der Waals surface area contributed by atoms with Crippen LogP contribution in [0.25, 0.3) is 0 Å². The Morgan fingerprint density at radius 2 is 2.20 bits per heavy atom. The van der Waals surface area contributed by atoms with Crippen molar-refractivity contribution in [1.82, 2.24) is 5.32 Å². The third-order valence-corrected chi connectivity index (χ3v) is 4.52. The molecule has 0 radical (unpaired) electrons. The number of hydrogen-bond donors (Lipinski definition) is 3. The van der Waals surface area contributed by atoms with Gasteiger partial charge >= 0.3 is 12.1 Å². The Bertz CT molecular complexity index is 460. The van der Waals surface area contributed by atoms with Crippen LogP contribution in [0.5, 0.6) is 0 Å². The van der Waals surface area contributed by atoms with E-state index in [0.29, 0.717) is 12.8 Å². The van der Waals surface area contributed by atoms with E-state index in [4.69, 9.17) is 9.79 Å². The van der Waals surface area contributed by atoms with Gasteiger partial charge in [0.2, 0.25) is 6.79 Å². The van der Waals surface area contributed by atoms with Gasteiger partial charge in [0.1, 0.15) is 0 Å². The number of nitrogens with one attached hydrogen (secondary N) is 1. The van der Waals surface area contributed by atoms with Crippen LogP contribution in [-0.2, 0) is 14.3 Å². The maximum atomic E-state index is 13.8. The van der Waals surface area contributed by atoms with Gasteiger partial charge in [-0.25, -0.2) is 9.18 Å². The van der Waals surface area contributed by atoms with Crippen LogP contribution in [-0.4, -0.2) is 34.9 Å². The Hall–Kier alpha value is -1.24. The second kappa shape index (κ2) is 12.2. The van der Waals surface area contributed by atoms with Gasteiger partial charge in [0.05, 0.1) is 0 Å². The molecule has 0 aromatic carbocycles. The lowest BCUT2D eigenvalue weighted by Crippen LogP contribution is -2.33. The van der Waals surface area contributed by atoms with Crippen LogP contribution in [0.4, 0.5) is 9.18 Å². The Morgan fingerprint density at radius 1 is 1.44 bits per heavy atom. The zero-order valence-electron chi connectivity index (χ0n) is 14.4. The van der Waals surface area contributed by atoms with Crippen LogP contribution in [0, 0.1) is 5.92 Å². The van der Waals surface area contributed by atoms with E-state index in [0.717, 1.165) is 31.3 Å². The number of ether oxygens (including phenoxy) is 2. The average molecular weight is 379 g/mol. The fourth-order valence-corrected chi connectivity index (χ4v) is 3.33. The number of carbonyl (C=O) groups is 2. The average Bonchev–Trinajstić information content (AvgIpc) is 2.53. The molecular weight excluding hydrogens is 352 g/mol. The summed E-state index contributed by atoms with van der Waals surface area (Å²) in [4.78, 5) is 40.5. The Kier molecular flexibility index (Phi) is 10.6. The van der Waals surface area contributed by atoms with Gasteiger partial charge in [-0.1, -0.05) is 12.5 Å². The molecule has 9 heteroatoms. The van der Waals surface area contributed by atoms with Crippen molar-refractivity contribution in [2.75, 3.05) is 6.79 Å². The van der Waals surface area contributed by atoms with Crippen LogP contribution < -0.4 is 5.32 Å². The summed E-state index contributed by atoms with van der Waals surface area (Å²) in [5.74, 6) is 1.29. The summed E-state index contributed by atoms with van der Waals surface area (Å²) in [7, 11) is -2.03. The lowest BCUT2D eigenvalue weighted by molar-refractivity contribution is -0.151. The highest BCUT2D eigenvalue weighted by atomic mass is 31.2. The first-order valence-corrected chi connectivity index (χ1v) is 9.81. The molecule has 0 spiro atoms. The molecule has 0 aliphatic heterocycles. The first-order valence-electron chi connectivity index (χ1n) is 8.50. The standard InChI is InChI=1S/C16H27FNO6P/c1-2-4-15(19)23-11-24-16(20)18-14(17)8-7-12-5-3-6-13(9-12)10-25(21)22/h10,12,14,21-22H,2-9,11H2,1H3,(H,18,20). The van der Waals surface area contributed by atoms with Gasteiger partial charge in [-0.15, -0.1) is 0 Å². The number of hydrogen-bond acceptors (Lipinski definition) is 6.